The topological polar surface area (TPSA) is 49.3 Å². The van der Waals surface area contributed by atoms with Gasteiger partial charge in [-0.1, -0.05) is 6.92 Å². The molecule has 0 heterocycles. The average molecular weight is 153 g/mol. The molecule has 0 unspecified atom stereocenters. The van der Waals surface area contributed by atoms with E-state index in [9.17, 15) is 13.6 Å². The lowest BCUT2D eigenvalue weighted by Crippen LogP contribution is -2.38. The molecule has 0 aromatic heterocycles. The number of carbonyl (C=O) groups is 1. The molecule has 0 spiro atoms. The summed E-state index contributed by atoms with van der Waals surface area (Å²) >= 11 is 0. The molecule has 0 aromatic carbocycles. The predicted molar refractivity (Wildman–Crippen MR) is 29.8 cm³/mol. The van der Waals surface area contributed by atoms with Crippen LogP contribution in [0.15, 0.2) is 0 Å². The van der Waals surface area contributed by atoms with Gasteiger partial charge in [-0.3, -0.25) is 10.0 Å². The van der Waals surface area contributed by atoms with E-state index in [1.807, 2.05) is 0 Å². The zero-order valence-electron chi connectivity index (χ0n) is 5.53. The van der Waals surface area contributed by atoms with Crippen LogP contribution in [-0.2, 0) is 4.79 Å². The van der Waals surface area contributed by atoms with Gasteiger partial charge in [-0.25, -0.2) is 5.48 Å². The first kappa shape index (κ1) is 9.29. The minimum Gasteiger partial charge on any atom is -0.288 e. The van der Waals surface area contributed by atoms with E-state index >= 15 is 0 Å². The summed E-state index contributed by atoms with van der Waals surface area (Å²) in [4.78, 5) is 10.1. The summed E-state index contributed by atoms with van der Waals surface area (Å²) in [5.41, 5.74) is 0.901. The van der Waals surface area contributed by atoms with Gasteiger partial charge in [-0.2, -0.15) is 8.78 Å². The minimum absolute atomic E-state index is 0.195. The summed E-state index contributed by atoms with van der Waals surface area (Å²) in [5, 5.41) is 7.82. The molecule has 1 amide bonds. The molecule has 0 aliphatic heterocycles. The van der Waals surface area contributed by atoms with E-state index < -0.39 is 18.3 Å². The zero-order valence-corrected chi connectivity index (χ0v) is 5.53. The van der Waals surface area contributed by atoms with Gasteiger partial charge in [0.15, 0.2) is 0 Å². The molecule has 0 fully saturated rings. The molecule has 0 aromatic rings. The van der Waals surface area contributed by atoms with Crippen LogP contribution in [0.2, 0.25) is 0 Å². The lowest BCUT2D eigenvalue weighted by atomic mass is 10.2. The molecule has 0 atom stereocenters. The van der Waals surface area contributed by atoms with Crippen molar-refractivity contribution in [2.75, 3.05) is 0 Å². The fourth-order valence-corrected chi connectivity index (χ4v) is 0.509. The van der Waals surface area contributed by atoms with Gasteiger partial charge in [-0.15, -0.1) is 0 Å². The molecule has 5 heteroatoms. The lowest BCUT2D eigenvalue weighted by Gasteiger charge is -2.11. The Hall–Kier alpha value is -0.710. The van der Waals surface area contributed by atoms with Crippen molar-refractivity contribution in [1.82, 2.24) is 5.48 Å². The highest BCUT2D eigenvalue weighted by molar-refractivity contribution is 5.82. The van der Waals surface area contributed by atoms with E-state index in [0.717, 1.165) is 5.48 Å². The second-order valence-electron chi connectivity index (χ2n) is 1.90. The van der Waals surface area contributed by atoms with Crippen LogP contribution in [0.25, 0.3) is 0 Å². The maximum atomic E-state index is 12.2. The molecule has 0 rings (SSSR count). The number of rotatable bonds is 3. The summed E-state index contributed by atoms with van der Waals surface area (Å²) < 4.78 is 24.5. The van der Waals surface area contributed by atoms with Gasteiger partial charge in [0.05, 0.1) is 0 Å². The molecule has 10 heavy (non-hydrogen) atoms. The number of hydrogen-bond donors (Lipinski definition) is 2. The van der Waals surface area contributed by atoms with Crippen LogP contribution in [0.5, 0.6) is 0 Å². The summed E-state index contributed by atoms with van der Waals surface area (Å²) in [6, 6.07) is 0. The van der Waals surface area contributed by atoms with Crippen molar-refractivity contribution in [3.63, 3.8) is 0 Å². The van der Waals surface area contributed by atoms with Crippen molar-refractivity contribution in [1.29, 1.82) is 0 Å². The number of alkyl halides is 2. The SMILES string of the molecule is CCCC(F)(F)C(=O)NO. The molecule has 60 valence electrons. The highest BCUT2D eigenvalue weighted by atomic mass is 19.3. The molecule has 0 aliphatic rings. The molecule has 0 bridgehead atoms. The van der Waals surface area contributed by atoms with Gasteiger partial charge in [0.2, 0.25) is 0 Å². The Labute approximate surface area is 57.0 Å². The minimum atomic E-state index is -3.44. The highest BCUT2D eigenvalue weighted by Crippen LogP contribution is 2.19. The van der Waals surface area contributed by atoms with Gasteiger partial charge in [-0.05, 0) is 6.42 Å². The van der Waals surface area contributed by atoms with E-state index in [4.69, 9.17) is 5.21 Å². The molecule has 0 aliphatic carbocycles. The second-order valence-corrected chi connectivity index (χ2v) is 1.90. The molecule has 0 radical (unpaired) electrons. The Bertz CT molecular complexity index is 127. The van der Waals surface area contributed by atoms with Crippen LogP contribution in [0, 0.1) is 0 Å². The molecular weight excluding hydrogens is 144 g/mol. The van der Waals surface area contributed by atoms with Crippen molar-refractivity contribution < 1.29 is 18.8 Å². The molecule has 0 saturated heterocycles. The van der Waals surface area contributed by atoms with Crippen LogP contribution in [0.1, 0.15) is 19.8 Å². The average Bonchev–Trinajstić information content (AvgIpc) is 1.86. The third-order valence-electron chi connectivity index (χ3n) is 0.998. The van der Waals surface area contributed by atoms with Crippen LogP contribution >= 0.6 is 0 Å². The van der Waals surface area contributed by atoms with E-state index in [2.05, 4.69) is 0 Å². The summed E-state index contributed by atoms with van der Waals surface area (Å²) in [5.74, 6) is -5.09. The van der Waals surface area contributed by atoms with Gasteiger partial charge in [0, 0.05) is 6.42 Å². The first-order chi connectivity index (χ1) is 4.54. The first-order valence-electron chi connectivity index (χ1n) is 2.87. The molecule has 2 N–H and O–H groups in total. The second kappa shape index (κ2) is 3.46. The fraction of sp³-hybridized carbons (Fsp3) is 0.800. The van der Waals surface area contributed by atoms with Crippen LogP contribution in [0.4, 0.5) is 8.78 Å². The Morgan fingerprint density at radius 2 is 2.20 bits per heavy atom. The van der Waals surface area contributed by atoms with E-state index in [0.29, 0.717) is 0 Å². The van der Waals surface area contributed by atoms with Crippen LogP contribution in [-0.4, -0.2) is 17.0 Å². The number of hydrogen-bond acceptors (Lipinski definition) is 2. The highest BCUT2D eigenvalue weighted by Gasteiger charge is 2.37. The van der Waals surface area contributed by atoms with E-state index in [1.54, 1.807) is 0 Å². The third-order valence-corrected chi connectivity index (χ3v) is 0.998. The monoisotopic (exact) mass is 153 g/mol. The van der Waals surface area contributed by atoms with Gasteiger partial charge < -0.3 is 0 Å². The Kier molecular flexibility index (Phi) is 3.21. The normalized spacial score (nSPS) is 11.2. The Morgan fingerprint density at radius 3 is 2.50 bits per heavy atom. The number of halogens is 2. The standard InChI is InChI=1S/C5H9F2NO2/c1-2-3-5(6,7)4(9)8-10/h10H,2-3H2,1H3,(H,8,9). The molecule has 0 saturated carbocycles. The van der Waals surface area contributed by atoms with Crippen molar-refractivity contribution in [3.05, 3.63) is 0 Å². The largest absolute Gasteiger partial charge is 0.326 e. The fourth-order valence-electron chi connectivity index (χ4n) is 0.509. The van der Waals surface area contributed by atoms with Crippen LogP contribution in [0.3, 0.4) is 0 Å². The first-order valence-corrected chi connectivity index (χ1v) is 2.87. The lowest BCUT2D eigenvalue weighted by molar-refractivity contribution is -0.155. The quantitative estimate of drug-likeness (QED) is 0.468. The molecule has 3 nitrogen and oxygen atoms in total. The van der Waals surface area contributed by atoms with E-state index in [-0.39, 0.29) is 6.42 Å². The number of carbonyl (C=O) groups excluding carboxylic acids is 1. The summed E-state index contributed by atoms with van der Waals surface area (Å²) in [7, 11) is 0. The third kappa shape index (κ3) is 2.26. The van der Waals surface area contributed by atoms with E-state index in [1.165, 1.54) is 6.92 Å². The van der Waals surface area contributed by atoms with Crippen molar-refractivity contribution in [3.8, 4) is 0 Å². The van der Waals surface area contributed by atoms with Gasteiger partial charge in [0.1, 0.15) is 0 Å². The molecular formula is C5H9F2NO2. The van der Waals surface area contributed by atoms with Crippen molar-refractivity contribution in [2.45, 2.75) is 25.7 Å². The Balaban J connectivity index is 3.96. The number of hydroxylamine groups is 1. The Morgan fingerprint density at radius 1 is 1.70 bits per heavy atom. The zero-order chi connectivity index (χ0) is 8.20. The summed E-state index contributed by atoms with van der Waals surface area (Å²) in [6.07, 6.45) is -0.347. The maximum Gasteiger partial charge on any atom is 0.326 e. The predicted octanol–water partition coefficient (Wildman–Crippen LogP) is 0.927. The smallest absolute Gasteiger partial charge is 0.288 e. The van der Waals surface area contributed by atoms with Crippen molar-refractivity contribution in [2.24, 2.45) is 0 Å². The van der Waals surface area contributed by atoms with Crippen molar-refractivity contribution >= 4 is 5.91 Å². The number of amides is 1. The van der Waals surface area contributed by atoms with Gasteiger partial charge >= 0.3 is 11.8 Å². The maximum absolute atomic E-state index is 12.2. The number of nitrogens with one attached hydrogen (secondary N) is 1. The summed E-state index contributed by atoms with van der Waals surface area (Å²) in [6.45, 7) is 1.53. The van der Waals surface area contributed by atoms with Crippen LogP contribution < -0.4 is 5.48 Å². The van der Waals surface area contributed by atoms with Gasteiger partial charge in [0.25, 0.3) is 0 Å².